The average Bonchev–Trinajstić information content (AvgIpc) is 2.81. The normalized spacial score (nSPS) is 15.6. The lowest BCUT2D eigenvalue weighted by Gasteiger charge is -2.34. The molecule has 1 fully saturated rings. The van der Waals surface area contributed by atoms with Gasteiger partial charge in [-0.3, -0.25) is 4.79 Å². The Labute approximate surface area is 184 Å². The van der Waals surface area contributed by atoms with Crippen LogP contribution in [0.1, 0.15) is 34.9 Å². The minimum Gasteiger partial charge on any atom is -0.439 e. The number of ether oxygens (including phenoxy) is 1. The number of carbonyl (C=O) groups is 1. The number of aromatic nitrogens is 1. The number of hydrogen-bond acceptors (Lipinski definition) is 4. The fourth-order valence-electron chi connectivity index (χ4n) is 3.71. The van der Waals surface area contributed by atoms with Crippen LogP contribution < -0.4 is 4.74 Å². The Morgan fingerprint density at radius 3 is 2.37 bits per heavy atom. The van der Waals surface area contributed by atoms with Crippen LogP contribution in [0.4, 0.5) is 0 Å². The van der Waals surface area contributed by atoms with Gasteiger partial charge in [0.25, 0.3) is 5.91 Å². The van der Waals surface area contributed by atoms with Gasteiger partial charge in [-0.2, -0.15) is 0 Å². The maximum Gasteiger partial charge on any atom is 0.255 e. The quantitative estimate of drug-likeness (QED) is 0.559. The molecule has 3 aromatic rings. The molecule has 2 heterocycles. The molecule has 1 saturated heterocycles. The molecule has 1 unspecified atom stereocenters. The smallest absolute Gasteiger partial charge is 0.255 e. The van der Waals surface area contributed by atoms with Crippen LogP contribution in [-0.2, 0) is 0 Å². The van der Waals surface area contributed by atoms with Gasteiger partial charge in [-0.1, -0.05) is 46.3 Å². The zero-order chi connectivity index (χ0) is 20.9. The number of piperidine rings is 1. The Morgan fingerprint density at radius 1 is 1.03 bits per heavy atom. The average molecular weight is 467 g/mol. The number of benzene rings is 2. The number of rotatable bonds is 5. The topological polar surface area (TPSA) is 62.7 Å². The minimum atomic E-state index is -0.486. The molecule has 0 aliphatic carbocycles. The monoisotopic (exact) mass is 466 g/mol. The van der Waals surface area contributed by atoms with E-state index in [4.69, 9.17) is 4.74 Å². The molecule has 6 heteroatoms. The van der Waals surface area contributed by atoms with Crippen LogP contribution in [0.5, 0.6) is 11.6 Å². The Morgan fingerprint density at radius 2 is 1.73 bits per heavy atom. The molecule has 30 heavy (non-hydrogen) atoms. The van der Waals surface area contributed by atoms with Crippen molar-refractivity contribution in [2.75, 3.05) is 13.1 Å². The summed E-state index contributed by atoms with van der Waals surface area (Å²) in [5.74, 6) is 1.25. The largest absolute Gasteiger partial charge is 0.439 e. The van der Waals surface area contributed by atoms with E-state index >= 15 is 0 Å². The van der Waals surface area contributed by atoms with Gasteiger partial charge in [0, 0.05) is 29.8 Å². The molecule has 154 valence electrons. The number of amides is 1. The summed E-state index contributed by atoms with van der Waals surface area (Å²) in [6.07, 6.45) is 2.63. The Hall–Kier alpha value is -2.70. The van der Waals surface area contributed by atoms with E-state index < -0.39 is 6.10 Å². The molecule has 4 rings (SSSR count). The number of carbonyl (C=O) groups excluding carboxylic acids is 1. The molecular weight excluding hydrogens is 444 g/mol. The third-order valence-electron chi connectivity index (χ3n) is 5.43. The second-order valence-corrected chi connectivity index (χ2v) is 8.34. The highest BCUT2D eigenvalue weighted by atomic mass is 79.9. The molecule has 1 aliphatic rings. The van der Waals surface area contributed by atoms with E-state index in [-0.39, 0.29) is 11.8 Å². The predicted molar refractivity (Wildman–Crippen MR) is 118 cm³/mol. The van der Waals surface area contributed by atoms with Gasteiger partial charge < -0.3 is 14.7 Å². The van der Waals surface area contributed by atoms with Gasteiger partial charge in [0.15, 0.2) is 0 Å². The van der Waals surface area contributed by atoms with E-state index in [0.29, 0.717) is 30.3 Å². The van der Waals surface area contributed by atoms with Crippen LogP contribution in [-0.4, -0.2) is 34.0 Å². The summed E-state index contributed by atoms with van der Waals surface area (Å²) in [6.45, 7) is 1.26. The van der Waals surface area contributed by atoms with E-state index in [0.717, 1.165) is 22.9 Å². The van der Waals surface area contributed by atoms with E-state index in [1.807, 2.05) is 59.5 Å². The summed E-state index contributed by atoms with van der Waals surface area (Å²) >= 11 is 3.39. The van der Waals surface area contributed by atoms with Crippen molar-refractivity contribution in [2.45, 2.75) is 18.9 Å². The van der Waals surface area contributed by atoms with Gasteiger partial charge in [0.1, 0.15) is 5.75 Å². The Kier molecular flexibility index (Phi) is 6.45. The third kappa shape index (κ3) is 4.89. The number of likely N-dealkylation sites (tertiary alicyclic amines) is 1. The van der Waals surface area contributed by atoms with Gasteiger partial charge in [-0.15, -0.1) is 0 Å². The third-order valence-corrected chi connectivity index (χ3v) is 5.96. The van der Waals surface area contributed by atoms with Crippen molar-refractivity contribution >= 4 is 21.8 Å². The zero-order valence-electron chi connectivity index (χ0n) is 16.4. The second-order valence-electron chi connectivity index (χ2n) is 7.43. The highest BCUT2D eigenvalue weighted by Crippen LogP contribution is 2.31. The predicted octanol–water partition coefficient (Wildman–Crippen LogP) is 5.22. The first-order valence-electron chi connectivity index (χ1n) is 10.0. The minimum absolute atomic E-state index is 0.0367. The molecule has 2 aromatic carbocycles. The second kappa shape index (κ2) is 9.41. The van der Waals surface area contributed by atoms with Crippen LogP contribution in [0.15, 0.2) is 77.4 Å². The SMILES string of the molecule is O=C(c1ccc(Oc2ccc(Br)cc2)nc1)N1CCC(C(O)c2ccccc2)CC1. The summed E-state index contributed by atoms with van der Waals surface area (Å²) in [4.78, 5) is 18.9. The number of aliphatic hydroxyl groups is 1. The number of hydrogen-bond donors (Lipinski definition) is 1. The van der Waals surface area contributed by atoms with E-state index in [1.54, 1.807) is 18.3 Å². The van der Waals surface area contributed by atoms with E-state index in [9.17, 15) is 9.90 Å². The summed E-state index contributed by atoms with van der Waals surface area (Å²) in [6, 6.07) is 20.7. The molecule has 0 saturated carbocycles. The lowest BCUT2D eigenvalue weighted by atomic mass is 9.87. The maximum atomic E-state index is 12.8. The summed E-state index contributed by atoms with van der Waals surface area (Å²) in [5.41, 5.74) is 1.48. The van der Waals surface area contributed by atoms with Gasteiger partial charge in [-0.05, 0) is 54.7 Å². The molecule has 1 amide bonds. The summed E-state index contributed by atoms with van der Waals surface area (Å²) in [7, 11) is 0. The highest BCUT2D eigenvalue weighted by Gasteiger charge is 2.28. The fourth-order valence-corrected chi connectivity index (χ4v) is 3.98. The van der Waals surface area contributed by atoms with Gasteiger partial charge in [0.05, 0.1) is 11.7 Å². The summed E-state index contributed by atoms with van der Waals surface area (Å²) < 4.78 is 6.69. The van der Waals surface area contributed by atoms with Crippen molar-refractivity contribution in [2.24, 2.45) is 5.92 Å². The fraction of sp³-hybridized carbons (Fsp3) is 0.250. The molecule has 0 bridgehead atoms. The molecule has 0 spiro atoms. The van der Waals surface area contributed by atoms with Crippen molar-refractivity contribution in [1.29, 1.82) is 0 Å². The molecule has 1 aliphatic heterocycles. The lowest BCUT2D eigenvalue weighted by Crippen LogP contribution is -2.39. The van der Waals surface area contributed by atoms with Crippen LogP contribution in [0.25, 0.3) is 0 Å². The first kappa shape index (κ1) is 20.6. The van der Waals surface area contributed by atoms with Crippen LogP contribution >= 0.6 is 15.9 Å². The number of pyridine rings is 1. The van der Waals surface area contributed by atoms with E-state index in [1.165, 1.54) is 0 Å². The zero-order valence-corrected chi connectivity index (χ0v) is 18.0. The van der Waals surface area contributed by atoms with Gasteiger partial charge in [0.2, 0.25) is 5.88 Å². The van der Waals surface area contributed by atoms with Gasteiger partial charge in [-0.25, -0.2) is 4.98 Å². The standard InChI is InChI=1S/C24H23BrN2O3/c25-20-7-9-21(10-8-20)30-22-11-6-19(16-26-22)24(29)27-14-12-18(13-15-27)23(28)17-4-2-1-3-5-17/h1-11,16,18,23,28H,12-15H2. The van der Waals surface area contributed by atoms with Crippen LogP contribution in [0.2, 0.25) is 0 Å². The Balaban J connectivity index is 1.33. The Bertz CT molecular complexity index is 970. The molecule has 1 N–H and O–H groups in total. The first-order chi connectivity index (χ1) is 14.6. The lowest BCUT2D eigenvalue weighted by molar-refractivity contribution is 0.0462. The molecular formula is C24H23BrN2O3. The van der Waals surface area contributed by atoms with Crippen LogP contribution in [0, 0.1) is 5.92 Å². The molecule has 5 nitrogen and oxygen atoms in total. The first-order valence-corrected chi connectivity index (χ1v) is 10.8. The van der Waals surface area contributed by atoms with Crippen molar-refractivity contribution in [3.63, 3.8) is 0 Å². The van der Waals surface area contributed by atoms with Crippen LogP contribution in [0.3, 0.4) is 0 Å². The van der Waals surface area contributed by atoms with Crippen molar-refractivity contribution < 1.29 is 14.6 Å². The van der Waals surface area contributed by atoms with E-state index in [2.05, 4.69) is 20.9 Å². The molecule has 0 radical (unpaired) electrons. The highest BCUT2D eigenvalue weighted by molar-refractivity contribution is 9.10. The number of nitrogens with zero attached hydrogens (tertiary/aromatic N) is 2. The molecule has 1 atom stereocenters. The summed E-state index contributed by atoms with van der Waals surface area (Å²) in [5, 5.41) is 10.6. The van der Waals surface area contributed by atoms with Crippen molar-refractivity contribution in [3.05, 3.63) is 88.5 Å². The maximum absolute atomic E-state index is 12.8. The van der Waals surface area contributed by atoms with Crippen molar-refractivity contribution in [3.8, 4) is 11.6 Å². The number of halogens is 1. The van der Waals surface area contributed by atoms with Crippen molar-refractivity contribution in [1.82, 2.24) is 9.88 Å². The number of aliphatic hydroxyl groups excluding tert-OH is 1. The van der Waals surface area contributed by atoms with Gasteiger partial charge >= 0.3 is 0 Å². The molecule has 1 aromatic heterocycles.